The van der Waals surface area contributed by atoms with E-state index in [1.807, 2.05) is 0 Å². The number of rotatable bonds is 7. The van der Waals surface area contributed by atoms with Gasteiger partial charge in [-0.25, -0.2) is 0 Å². The SMILES string of the molecule is CCC(N)C(=O)OCCOC(=O)C(N)CC. The molecule has 0 aromatic carbocycles. The van der Waals surface area contributed by atoms with Crippen molar-refractivity contribution in [2.24, 2.45) is 11.5 Å². The number of hydrogen-bond donors (Lipinski definition) is 2. The lowest BCUT2D eigenvalue weighted by Gasteiger charge is -2.11. The highest BCUT2D eigenvalue weighted by molar-refractivity contribution is 5.76. The Labute approximate surface area is 95.3 Å². The highest BCUT2D eigenvalue weighted by atomic mass is 16.6. The van der Waals surface area contributed by atoms with Crippen LogP contribution in [0, 0.1) is 0 Å². The van der Waals surface area contributed by atoms with E-state index in [9.17, 15) is 9.59 Å². The molecule has 0 aromatic rings. The Morgan fingerprint density at radius 1 is 0.938 bits per heavy atom. The van der Waals surface area contributed by atoms with E-state index in [0.29, 0.717) is 12.8 Å². The number of nitrogens with two attached hydrogens (primary N) is 2. The molecule has 0 aliphatic rings. The van der Waals surface area contributed by atoms with E-state index in [0.717, 1.165) is 0 Å². The molecule has 0 heterocycles. The summed E-state index contributed by atoms with van der Waals surface area (Å²) in [6, 6.07) is -1.23. The molecule has 6 nitrogen and oxygen atoms in total. The second-order valence-electron chi connectivity index (χ2n) is 3.36. The summed E-state index contributed by atoms with van der Waals surface area (Å²) in [4.78, 5) is 22.2. The largest absolute Gasteiger partial charge is 0.461 e. The standard InChI is InChI=1S/C10H20N2O4/c1-3-7(11)9(13)15-5-6-16-10(14)8(12)4-2/h7-8H,3-6,11-12H2,1-2H3. The highest BCUT2D eigenvalue weighted by Crippen LogP contribution is 1.93. The fourth-order valence-electron chi connectivity index (χ4n) is 0.832. The molecule has 0 radical (unpaired) electrons. The van der Waals surface area contributed by atoms with Crippen molar-refractivity contribution < 1.29 is 19.1 Å². The quantitative estimate of drug-likeness (QED) is 0.455. The molecular weight excluding hydrogens is 212 g/mol. The van der Waals surface area contributed by atoms with Crippen molar-refractivity contribution in [1.82, 2.24) is 0 Å². The molecular formula is C10H20N2O4. The van der Waals surface area contributed by atoms with Gasteiger partial charge in [-0.1, -0.05) is 13.8 Å². The normalized spacial score (nSPS) is 14.0. The average Bonchev–Trinajstić information content (AvgIpc) is 2.31. The van der Waals surface area contributed by atoms with Gasteiger partial charge in [0.05, 0.1) is 0 Å². The van der Waals surface area contributed by atoms with Gasteiger partial charge in [0, 0.05) is 0 Å². The van der Waals surface area contributed by atoms with E-state index < -0.39 is 24.0 Å². The van der Waals surface area contributed by atoms with Crippen LogP contribution in [0.25, 0.3) is 0 Å². The summed E-state index contributed by atoms with van der Waals surface area (Å²) in [5, 5.41) is 0. The van der Waals surface area contributed by atoms with Crippen molar-refractivity contribution in [3.8, 4) is 0 Å². The maximum atomic E-state index is 11.1. The number of hydrogen-bond acceptors (Lipinski definition) is 6. The zero-order valence-corrected chi connectivity index (χ0v) is 9.77. The summed E-state index contributed by atoms with van der Waals surface area (Å²) in [6.07, 6.45) is 1.03. The first-order chi connectivity index (χ1) is 7.52. The van der Waals surface area contributed by atoms with Crippen LogP contribution in [0.4, 0.5) is 0 Å². The molecule has 0 amide bonds. The van der Waals surface area contributed by atoms with Crippen molar-refractivity contribution >= 4 is 11.9 Å². The van der Waals surface area contributed by atoms with Crippen LogP contribution in [0.15, 0.2) is 0 Å². The fraction of sp³-hybridized carbons (Fsp3) is 0.800. The van der Waals surface area contributed by atoms with Crippen LogP contribution in [0.3, 0.4) is 0 Å². The summed E-state index contributed by atoms with van der Waals surface area (Å²) in [6.45, 7) is 3.59. The highest BCUT2D eigenvalue weighted by Gasteiger charge is 2.14. The maximum Gasteiger partial charge on any atom is 0.323 e. The summed E-state index contributed by atoms with van der Waals surface area (Å²) in [7, 11) is 0. The van der Waals surface area contributed by atoms with Crippen LogP contribution < -0.4 is 11.5 Å². The minimum absolute atomic E-state index is 0.00864. The smallest absolute Gasteiger partial charge is 0.323 e. The fourth-order valence-corrected chi connectivity index (χ4v) is 0.832. The zero-order chi connectivity index (χ0) is 12.6. The molecule has 6 heteroatoms. The lowest BCUT2D eigenvalue weighted by molar-refractivity contribution is -0.153. The van der Waals surface area contributed by atoms with Gasteiger partial charge in [-0.3, -0.25) is 9.59 Å². The second-order valence-corrected chi connectivity index (χ2v) is 3.36. The Hall–Kier alpha value is -1.14. The molecule has 0 aromatic heterocycles. The van der Waals surface area contributed by atoms with Gasteiger partial charge in [-0.05, 0) is 12.8 Å². The van der Waals surface area contributed by atoms with Gasteiger partial charge in [-0.2, -0.15) is 0 Å². The van der Waals surface area contributed by atoms with Crippen LogP contribution in [0.1, 0.15) is 26.7 Å². The van der Waals surface area contributed by atoms with Gasteiger partial charge >= 0.3 is 11.9 Å². The van der Waals surface area contributed by atoms with E-state index in [4.69, 9.17) is 20.9 Å². The van der Waals surface area contributed by atoms with E-state index in [2.05, 4.69) is 0 Å². The van der Waals surface area contributed by atoms with Crippen molar-refractivity contribution in [2.75, 3.05) is 13.2 Å². The summed E-state index contributed by atoms with van der Waals surface area (Å²) in [5.74, 6) is -0.975. The van der Waals surface area contributed by atoms with E-state index >= 15 is 0 Å². The van der Waals surface area contributed by atoms with Gasteiger partial charge in [-0.15, -0.1) is 0 Å². The Balaban J connectivity index is 3.61. The van der Waals surface area contributed by atoms with Gasteiger partial charge < -0.3 is 20.9 Å². The Morgan fingerprint density at radius 2 is 1.25 bits per heavy atom. The number of carbonyl (C=O) groups excluding carboxylic acids is 2. The third-order valence-corrected chi connectivity index (χ3v) is 2.06. The zero-order valence-electron chi connectivity index (χ0n) is 9.77. The second kappa shape index (κ2) is 8.06. The van der Waals surface area contributed by atoms with E-state index in [-0.39, 0.29) is 13.2 Å². The maximum absolute atomic E-state index is 11.1. The third-order valence-electron chi connectivity index (χ3n) is 2.06. The van der Waals surface area contributed by atoms with Gasteiger partial charge in [0.2, 0.25) is 0 Å². The van der Waals surface area contributed by atoms with Crippen LogP contribution in [-0.4, -0.2) is 37.2 Å². The number of carbonyl (C=O) groups is 2. The summed E-state index contributed by atoms with van der Waals surface area (Å²) >= 11 is 0. The van der Waals surface area contributed by atoms with Gasteiger partial charge in [0.15, 0.2) is 0 Å². The first-order valence-electron chi connectivity index (χ1n) is 5.37. The van der Waals surface area contributed by atoms with E-state index in [1.165, 1.54) is 0 Å². The lowest BCUT2D eigenvalue weighted by atomic mass is 10.2. The minimum atomic E-state index is -0.617. The van der Waals surface area contributed by atoms with Gasteiger partial charge in [0.25, 0.3) is 0 Å². The van der Waals surface area contributed by atoms with Crippen LogP contribution >= 0.6 is 0 Å². The lowest BCUT2D eigenvalue weighted by Crippen LogP contribution is -2.34. The van der Waals surface area contributed by atoms with E-state index in [1.54, 1.807) is 13.8 Å². The molecule has 16 heavy (non-hydrogen) atoms. The first-order valence-corrected chi connectivity index (χ1v) is 5.37. The topological polar surface area (TPSA) is 105 Å². The van der Waals surface area contributed by atoms with Crippen molar-refractivity contribution in [3.05, 3.63) is 0 Å². The third kappa shape index (κ3) is 5.67. The van der Waals surface area contributed by atoms with Crippen LogP contribution in [0.2, 0.25) is 0 Å². The molecule has 2 unspecified atom stereocenters. The number of esters is 2. The average molecular weight is 232 g/mol. The Kier molecular flexibility index (Phi) is 7.49. The molecule has 0 aliphatic heterocycles. The predicted octanol–water partition coefficient (Wildman–Crippen LogP) is -0.453. The van der Waals surface area contributed by atoms with Crippen molar-refractivity contribution in [2.45, 2.75) is 38.8 Å². The van der Waals surface area contributed by atoms with Crippen LogP contribution in [-0.2, 0) is 19.1 Å². The number of ether oxygens (including phenoxy) is 2. The monoisotopic (exact) mass is 232 g/mol. The van der Waals surface area contributed by atoms with Gasteiger partial charge in [0.1, 0.15) is 25.3 Å². The molecule has 0 saturated heterocycles. The molecule has 2 atom stereocenters. The molecule has 0 bridgehead atoms. The Morgan fingerprint density at radius 3 is 1.50 bits per heavy atom. The summed E-state index contributed by atoms with van der Waals surface area (Å²) < 4.78 is 9.55. The molecule has 0 saturated carbocycles. The minimum Gasteiger partial charge on any atom is -0.461 e. The summed E-state index contributed by atoms with van der Waals surface area (Å²) in [5.41, 5.74) is 10.9. The molecule has 0 rings (SSSR count). The Bertz CT molecular complexity index is 209. The van der Waals surface area contributed by atoms with Crippen LogP contribution in [0.5, 0.6) is 0 Å². The molecule has 0 fully saturated rings. The van der Waals surface area contributed by atoms with Crippen molar-refractivity contribution in [1.29, 1.82) is 0 Å². The molecule has 4 N–H and O–H groups in total. The van der Waals surface area contributed by atoms with Crippen molar-refractivity contribution in [3.63, 3.8) is 0 Å². The first kappa shape index (κ1) is 14.9. The molecule has 0 aliphatic carbocycles. The predicted molar refractivity (Wildman–Crippen MR) is 58.5 cm³/mol. The molecule has 0 spiro atoms. The molecule has 94 valence electrons.